The first-order valence-electron chi connectivity index (χ1n) is 11.6. The summed E-state index contributed by atoms with van der Waals surface area (Å²) in [5.74, 6) is -1.13. The second-order valence-electron chi connectivity index (χ2n) is 8.83. The molecule has 3 aromatic rings. The van der Waals surface area contributed by atoms with Crippen molar-refractivity contribution in [2.45, 2.75) is 44.2 Å². The number of ether oxygens (including phenoxy) is 2. The molecule has 0 spiro atoms. The fourth-order valence-corrected chi connectivity index (χ4v) is 5.00. The smallest absolute Gasteiger partial charge is 0.341 e. The summed E-state index contributed by atoms with van der Waals surface area (Å²) < 4.78 is 38.8. The van der Waals surface area contributed by atoms with E-state index < -0.39 is 28.0 Å². The Labute approximate surface area is 216 Å². The van der Waals surface area contributed by atoms with E-state index in [9.17, 15) is 18.0 Å². The van der Waals surface area contributed by atoms with E-state index in [0.29, 0.717) is 16.9 Å². The van der Waals surface area contributed by atoms with Crippen molar-refractivity contribution >= 4 is 22.0 Å². The molecule has 0 aliphatic heterocycles. The van der Waals surface area contributed by atoms with Gasteiger partial charge < -0.3 is 14.6 Å². The van der Waals surface area contributed by atoms with Crippen LogP contribution in [0.25, 0.3) is 0 Å². The van der Waals surface area contributed by atoms with E-state index in [4.69, 9.17) is 14.6 Å². The largest absolute Gasteiger partial charge is 0.482 e. The van der Waals surface area contributed by atoms with Crippen molar-refractivity contribution in [3.8, 4) is 5.75 Å². The highest BCUT2D eigenvalue weighted by Gasteiger charge is 2.31. The Hall–Kier alpha value is -3.76. The van der Waals surface area contributed by atoms with Crippen LogP contribution < -0.4 is 4.74 Å². The van der Waals surface area contributed by atoms with E-state index in [1.807, 2.05) is 0 Å². The van der Waals surface area contributed by atoms with Gasteiger partial charge in [0.1, 0.15) is 10.6 Å². The van der Waals surface area contributed by atoms with Gasteiger partial charge in [-0.15, -0.1) is 0 Å². The van der Waals surface area contributed by atoms with Gasteiger partial charge in [0.05, 0.1) is 12.0 Å². The molecule has 0 aliphatic carbocycles. The van der Waals surface area contributed by atoms with Crippen LogP contribution in [0.4, 0.5) is 0 Å². The maximum Gasteiger partial charge on any atom is 0.341 e. The topological polar surface area (TPSA) is 123 Å². The molecule has 9 nitrogen and oxygen atoms in total. The Balaban J connectivity index is 1.90. The van der Waals surface area contributed by atoms with Crippen molar-refractivity contribution < 1.29 is 32.6 Å². The van der Waals surface area contributed by atoms with Gasteiger partial charge in [0.2, 0.25) is 10.0 Å². The van der Waals surface area contributed by atoms with Crippen LogP contribution in [0, 0.1) is 0 Å². The van der Waals surface area contributed by atoms with Crippen LogP contribution >= 0.6 is 0 Å². The average molecular weight is 527 g/mol. The minimum atomic E-state index is -3.93. The number of pyridine rings is 1. The quantitative estimate of drug-likeness (QED) is 0.354. The number of hydrogen-bond donors (Lipinski definition) is 1. The van der Waals surface area contributed by atoms with Crippen LogP contribution in [0.3, 0.4) is 0 Å². The van der Waals surface area contributed by atoms with Crippen molar-refractivity contribution in [2.75, 3.05) is 13.2 Å². The van der Waals surface area contributed by atoms with Gasteiger partial charge in [-0.2, -0.15) is 4.31 Å². The predicted octanol–water partition coefficient (Wildman–Crippen LogP) is 3.78. The van der Waals surface area contributed by atoms with E-state index in [-0.39, 0.29) is 30.6 Å². The minimum absolute atomic E-state index is 0.0115. The Morgan fingerprint density at radius 2 is 1.70 bits per heavy atom. The molecular weight excluding hydrogens is 496 g/mol. The lowest BCUT2D eigenvalue weighted by Crippen LogP contribution is -2.31. The van der Waals surface area contributed by atoms with E-state index in [1.165, 1.54) is 22.8 Å². The predicted molar refractivity (Wildman–Crippen MR) is 136 cm³/mol. The van der Waals surface area contributed by atoms with Crippen molar-refractivity contribution in [1.82, 2.24) is 9.29 Å². The number of carboxylic acid groups (broad SMARTS) is 1. The van der Waals surface area contributed by atoms with Crippen LogP contribution in [0.2, 0.25) is 0 Å². The average Bonchev–Trinajstić information content (AvgIpc) is 2.88. The first-order valence-corrected chi connectivity index (χ1v) is 13.1. The number of carbonyl (C=O) groups is 2. The number of carbonyl (C=O) groups excluding carboxylic acids is 1. The van der Waals surface area contributed by atoms with Crippen LogP contribution in [0.5, 0.6) is 5.75 Å². The van der Waals surface area contributed by atoms with E-state index >= 15 is 0 Å². The lowest BCUT2D eigenvalue weighted by molar-refractivity contribution is -0.148. The summed E-state index contributed by atoms with van der Waals surface area (Å²) in [5.41, 5.74) is 1.23. The molecule has 3 rings (SSSR count). The maximum absolute atomic E-state index is 13.5. The lowest BCUT2D eigenvalue weighted by atomic mass is 9.84. The first-order chi connectivity index (χ1) is 17.5. The van der Waals surface area contributed by atoms with Crippen LogP contribution in [0.15, 0.2) is 78.0 Å². The van der Waals surface area contributed by atoms with Gasteiger partial charge >= 0.3 is 11.9 Å². The second-order valence-corrected chi connectivity index (χ2v) is 10.8. The van der Waals surface area contributed by atoms with Crippen LogP contribution in [0.1, 0.15) is 37.5 Å². The van der Waals surface area contributed by atoms with Crippen molar-refractivity contribution in [2.24, 2.45) is 0 Å². The molecule has 1 heterocycles. The monoisotopic (exact) mass is 526 g/mol. The van der Waals surface area contributed by atoms with E-state index in [2.05, 4.69) is 4.98 Å². The van der Waals surface area contributed by atoms with Gasteiger partial charge in [-0.3, -0.25) is 9.78 Å². The number of sulfonamides is 1. The summed E-state index contributed by atoms with van der Waals surface area (Å²) in [6.45, 7) is 5.15. The van der Waals surface area contributed by atoms with Crippen molar-refractivity contribution in [1.29, 1.82) is 0 Å². The molecule has 0 aliphatic rings. The van der Waals surface area contributed by atoms with E-state index in [1.54, 1.807) is 75.4 Å². The molecule has 0 bridgehead atoms. The van der Waals surface area contributed by atoms with Crippen LogP contribution in [-0.4, -0.2) is 48.0 Å². The highest BCUT2D eigenvalue weighted by Crippen LogP contribution is 2.27. The second kappa shape index (κ2) is 12.0. The molecule has 37 heavy (non-hydrogen) atoms. The SMILES string of the molecule is CCOC(=O)C(C)(C)c1ccc(CN(Cc2cccc(OCC(=O)O)c2)S(=O)(=O)c2cccnc2)cc1. The number of aromatic nitrogens is 1. The lowest BCUT2D eigenvalue weighted by Gasteiger charge is -2.25. The number of nitrogens with zero attached hydrogens (tertiary/aromatic N) is 2. The number of carboxylic acids is 1. The van der Waals surface area contributed by atoms with Gasteiger partial charge in [-0.1, -0.05) is 36.4 Å². The number of rotatable bonds is 12. The minimum Gasteiger partial charge on any atom is -0.482 e. The zero-order valence-electron chi connectivity index (χ0n) is 21.0. The Bertz CT molecular complexity index is 1320. The Morgan fingerprint density at radius 3 is 2.32 bits per heavy atom. The third-order valence-corrected chi connectivity index (χ3v) is 7.49. The molecule has 0 atom stereocenters. The van der Waals surface area contributed by atoms with Gasteiger partial charge in [0.25, 0.3) is 0 Å². The third-order valence-electron chi connectivity index (χ3n) is 5.71. The van der Waals surface area contributed by atoms with Gasteiger partial charge in [0, 0.05) is 25.5 Å². The van der Waals surface area contributed by atoms with Gasteiger partial charge in [-0.25, -0.2) is 13.2 Å². The van der Waals surface area contributed by atoms with Crippen molar-refractivity contribution in [3.05, 3.63) is 89.7 Å². The standard InChI is InChI=1S/C27H30N2O7S/c1-4-35-26(32)27(2,3)22-12-10-20(11-13-22)17-29(37(33,34)24-9-6-14-28-16-24)18-21-7-5-8-23(15-21)36-19-25(30)31/h5-16H,4,17-19H2,1-3H3,(H,30,31). The molecular formula is C27H30N2O7S. The van der Waals surface area contributed by atoms with Crippen molar-refractivity contribution in [3.63, 3.8) is 0 Å². The molecule has 196 valence electrons. The fourth-order valence-electron chi connectivity index (χ4n) is 3.62. The van der Waals surface area contributed by atoms with E-state index in [0.717, 1.165) is 5.56 Å². The number of benzene rings is 2. The summed E-state index contributed by atoms with van der Waals surface area (Å²) >= 11 is 0. The zero-order chi connectivity index (χ0) is 27.1. The maximum atomic E-state index is 13.5. The first kappa shape index (κ1) is 27.8. The van der Waals surface area contributed by atoms with Crippen LogP contribution in [-0.2, 0) is 42.9 Å². The molecule has 2 aromatic carbocycles. The molecule has 0 radical (unpaired) electrons. The molecule has 0 unspecified atom stereocenters. The van der Waals surface area contributed by atoms with Gasteiger partial charge in [-0.05, 0) is 61.7 Å². The summed E-state index contributed by atoms with van der Waals surface area (Å²) in [6.07, 6.45) is 2.79. The molecule has 10 heteroatoms. The number of aliphatic carboxylic acids is 1. The highest BCUT2D eigenvalue weighted by molar-refractivity contribution is 7.89. The molecule has 0 amide bonds. The third kappa shape index (κ3) is 7.14. The molecule has 0 saturated heterocycles. The zero-order valence-corrected chi connectivity index (χ0v) is 21.8. The molecule has 1 N–H and O–H groups in total. The molecule has 0 fully saturated rings. The molecule has 1 aromatic heterocycles. The fraction of sp³-hybridized carbons (Fsp3) is 0.296. The normalized spacial score (nSPS) is 11.8. The summed E-state index contributed by atoms with van der Waals surface area (Å²) in [7, 11) is -3.93. The molecule has 0 saturated carbocycles. The van der Waals surface area contributed by atoms with Gasteiger partial charge in [0.15, 0.2) is 6.61 Å². The Morgan fingerprint density at radius 1 is 1.00 bits per heavy atom. The summed E-state index contributed by atoms with van der Waals surface area (Å²) in [6, 6.07) is 16.8. The highest BCUT2D eigenvalue weighted by atomic mass is 32.2. The number of hydrogen-bond acceptors (Lipinski definition) is 7. The number of esters is 1. The summed E-state index contributed by atoms with van der Waals surface area (Å²) in [5, 5.41) is 8.87. The summed E-state index contributed by atoms with van der Waals surface area (Å²) in [4.78, 5) is 27.2. The Kier molecular flexibility index (Phi) is 9.01.